The number of fused-ring (bicyclic) bond motifs is 2. The zero-order chi connectivity index (χ0) is 24.7. The van der Waals surface area contributed by atoms with Gasteiger partial charge in [0.2, 0.25) is 21.8 Å². The maximum atomic E-state index is 12.9. The molecule has 3 heterocycles. The molecule has 11 heteroatoms. The molecule has 0 spiro atoms. The first-order valence-electron chi connectivity index (χ1n) is 10.8. The fraction of sp³-hybridized carbons (Fsp3) is 0.250. The predicted molar refractivity (Wildman–Crippen MR) is 120 cm³/mol. The number of benzene rings is 2. The van der Waals surface area contributed by atoms with E-state index in [1.165, 1.54) is 18.2 Å². The van der Waals surface area contributed by atoms with Crippen molar-refractivity contribution in [2.45, 2.75) is 37.0 Å². The van der Waals surface area contributed by atoms with Crippen LogP contribution in [0.15, 0.2) is 41.3 Å². The molecule has 178 valence electrons. The van der Waals surface area contributed by atoms with E-state index >= 15 is 0 Å². The van der Waals surface area contributed by atoms with Gasteiger partial charge < -0.3 is 4.74 Å². The van der Waals surface area contributed by atoms with Gasteiger partial charge in [0.15, 0.2) is 0 Å². The molecular weight excluding hydrogens is 474 g/mol. The number of carbonyl (C=O) groups is 4. The minimum atomic E-state index is -3.77. The van der Waals surface area contributed by atoms with Crippen molar-refractivity contribution in [1.29, 1.82) is 0 Å². The van der Waals surface area contributed by atoms with Gasteiger partial charge in [-0.25, -0.2) is 8.42 Å². The first kappa shape index (κ1) is 22.9. The largest absolute Gasteiger partial charge is 0.372 e. The molecule has 5 rings (SSSR count). The van der Waals surface area contributed by atoms with E-state index in [9.17, 15) is 27.6 Å². The molecule has 2 N–H and O–H groups in total. The van der Waals surface area contributed by atoms with Gasteiger partial charge in [0, 0.05) is 12.0 Å². The second-order valence-corrected chi connectivity index (χ2v) is 10.0. The molecule has 1 unspecified atom stereocenters. The third kappa shape index (κ3) is 4.23. The number of nitrogens with one attached hydrogen (secondary N) is 2. The van der Waals surface area contributed by atoms with Crippen LogP contribution in [0.3, 0.4) is 0 Å². The summed E-state index contributed by atoms with van der Waals surface area (Å²) in [6.07, 6.45) is 0.107. The van der Waals surface area contributed by atoms with Crippen molar-refractivity contribution in [1.82, 2.24) is 14.9 Å². The summed E-state index contributed by atoms with van der Waals surface area (Å²) in [6.45, 7) is 0.677. The number of nitrogens with zero attached hydrogens (tertiary/aromatic N) is 1. The lowest BCUT2D eigenvalue weighted by atomic mass is 10.0. The van der Waals surface area contributed by atoms with E-state index in [1.54, 1.807) is 18.2 Å². The van der Waals surface area contributed by atoms with Gasteiger partial charge in [-0.2, -0.15) is 4.72 Å². The normalized spacial score (nSPS) is 19.2. The summed E-state index contributed by atoms with van der Waals surface area (Å²) in [6, 6.07) is 8.19. The van der Waals surface area contributed by atoms with Crippen molar-refractivity contribution in [3.8, 4) is 11.8 Å². The number of rotatable bonds is 4. The Morgan fingerprint density at radius 1 is 1.00 bits per heavy atom. The van der Waals surface area contributed by atoms with Crippen molar-refractivity contribution < 1.29 is 32.3 Å². The minimum Gasteiger partial charge on any atom is -0.372 e. The molecule has 35 heavy (non-hydrogen) atoms. The second-order valence-electron chi connectivity index (χ2n) is 8.26. The Kier molecular flexibility index (Phi) is 5.72. The monoisotopic (exact) mass is 493 g/mol. The quantitative estimate of drug-likeness (QED) is 0.466. The Labute approximate surface area is 200 Å². The van der Waals surface area contributed by atoms with Crippen molar-refractivity contribution in [3.05, 3.63) is 64.2 Å². The van der Waals surface area contributed by atoms with Gasteiger partial charge in [-0.05, 0) is 47.9 Å². The lowest BCUT2D eigenvalue weighted by molar-refractivity contribution is -0.136. The van der Waals surface area contributed by atoms with Crippen molar-refractivity contribution in [2.75, 3.05) is 6.54 Å². The van der Waals surface area contributed by atoms with E-state index in [4.69, 9.17) is 4.74 Å². The lowest BCUT2D eigenvalue weighted by Crippen LogP contribution is -2.54. The molecule has 1 fully saturated rings. The molecule has 0 saturated carbocycles. The highest BCUT2D eigenvalue weighted by atomic mass is 32.2. The molecule has 2 aromatic carbocycles. The zero-order valence-corrected chi connectivity index (χ0v) is 19.1. The fourth-order valence-electron chi connectivity index (χ4n) is 4.23. The van der Waals surface area contributed by atoms with E-state index in [0.717, 1.165) is 16.0 Å². The first-order chi connectivity index (χ1) is 16.7. The van der Waals surface area contributed by atoms with E-state index in [-0.39, 0.29) is 35.4 Å². The third-order valence-electron chi connectivity index (χ3n) is 6.03. The van der Waals surface area contributed by atoms with E-state index in [1.807, 2.05) is 0 Å². The van der Waals surface area contributed by atoms with Crippen LogP contribution in [-0.4, -0.2) is 49.5 Å². The molecule has 1 saturated heterocycles. The number of sulfonamides is 1. The summed E-state index contributed by atoms with van der Waals surface area (Å²) < 4.78 is 32.8. The summed E-state index contributed by atoms with van der Waals surface area (Å²) >= 11 is 0. The van der Waals surface area contributed by atoms with Crippen molar-refractivity contribution in [2.24, 2.45) is 0 Å². The molecule has 10 nitrogen and oxygen atoms in total. The van der Waals surface area contributed by atoms with Crippen LogP contribution in [0.5, 0.6) is 0 Å². The predicted octanol–water partition coefficient (Wildman–Crippen LogP) is 0.448. The van der Waals surface area contributed by atoms with Crippen LogP contribution in [0.25, 0.3) is 0 Å². The van der Waals surface area contributed by atoms with Gasteiger partial charge in [-0.1, -0.05) is 17.9 Å². The lowest BCUT2D eigenvalue weighted by Gasteiger charge is -2.27. The topological polar surface area (TPSA) is 139 Å². The third-order valence-corrected chi connectivity index (χ3v) is 7.43. The Hall–Kier alpha value is -3.85. The fourth-order valence-corrected chi connectivity index (χ4v) is 5.20. The number of imide groups is 2. The summed E-state index contributed by atoms with van der Waals surface area (Å²) in [7, 11) is -3.77. The van der Waals surface area contributed by atoms with Crippen molar-refractivity contribution in [3.63, 3.8) is 0 Å². The van der Waals surface area contributed by atoms with Crippen LogP contribution in [-0.2, 0) is 37.6 Å². The molecule has 0 aromatic heterocycles. The number of ether oxygens (including phenoxy) is 1. The Morgan fingerprint density at radius 2 is 1.77 bits per heavy atom. The van der Waals surface area contributed by atoms with E-state index < -0.39 is 39.7 Å². The molecule has 0 aliphatic carbocycles. The molecule has 2 aromatic rings. The first-order valence-corrected chi connectivity index (χ1v) is 12.3. The molecule has 0 bridgehead atoms. The molecule has 1 atom stereocenters. The highest BCUT2D eigenvalue weighted by Crippen LogP contribution is 2.28. The summed E-state index contributed by atoms with van der Waals surface area (Å²) in [5.41, 5.74) is 2.45. The smallest absolute Gasteiger partial charge is 0.262 e. The van der Waals surface area contributed by atoms with E-state index in [2.05, 4.69) is 21.9 Å². The number of hydrogen-bond acceptors (Lipinski definition) is 7. The number of piperidine rings is 1. The van der Waals surface area contributed by atoms with Gasteiger partial charge >= 0.3 is 0 Å². The summed E-state index contributed by atoms with van der Waals surface area (Å²) in [5.74, 6) is 3.12. The van der Waals surface area contributed by atoms with Gasteiger partial charge in [0.05, 0.1) is 35.8 Å². The Morgan fingerprint density at radius 3 is 2.57 bits per heavy atom. The average molecular weight is 493 g/mol. The van der Waals surface area contributed by atoms with Gasteiger partial charge in [-0.3, -0.25) is 29.4 Å². The zero-order valence-electron chi connectivity index (χ0n) is 18.3. The van der Waals surface area contributed by atoms with Crippen LogP contribution >= 0.6 is 0 Å². The van der Waals surface area contributed by atoms with Gasteiger partial charge in [0.1, 0.15) is 6.04 Å². The molecular formula is C24H19N3O7S. The molecule has 0 radical (unpaired) electrons. The second kappa shape index (κ2) is 8.74. The van der Waals surface area contributed by atoms with Gasteiger partial charge in [-0.15, -0.1) is 0 Å². The maximum absolute atomic E-state index is 12.9. The van der Waals surface area contributed by atoms with Crippen LogP contribution < -0.4 is 10.0 Å². The molecule has 3 aliphatic heterocycles. The van der Waals surface area contributed by atoms with Crippen LogP contribution in [0.2, 0.25) is 0 Å². The SMILES string of the molecule is O=C1CCC(N2C(=O)c3ccc(C#CCNS(=O)(=O)c4ccc5c(c4)COC5)cc3C2=O)C(=O)N1. The number of carbonyl (C=O) groups excluding carboxylic acids is 4. The standard InChI is InChI=1S/C24H19N3O7S/c28-21-8-7-20(22(29)26-21)27-23(30)18-6-3-14(10-19(18)24(27)31)2-1-9-25-35(32,33)17-5-4-15-12-34-13-16(15)11-17/h3-6,10-11,20,25H,7-9,12-13H2,(H,26,28,29). The molecule has 4 amide bonds. The average Bonchev–Trinajstić information content (AvgIpc) is 3.39. The van der Waals surface area contributed by atoms with Gasteiger partial charge in [0.25, 0.3) is 11.8 Å². The highest BCUT2D eigenvalue weighted by molar-refractivity contribution is 7.89. The van der Waals surface area contributed by atoms with E-state index in [0.29, 0.717) is 18.8 Å². The summed E-state index contributed by atoms with van der Waals surface area (Å²) in [5, 5.41) is 2.15. The van der Waals surface area contributed by atoms with Crippen molar-refractivity contribution >= 4 is 33.7 Å². The number of hydrogen-bond donors (Lipinski definition) is 2. The Balaban J connectivity index is 1.28. The number of amides is 4. The van der Waals surface area contributed by atoms with Crippen LogP contribution in [0.4, 0.5) is 0 Å². The highest BCUT2D eigenvalue weighted by Gasteiger charge is 2.44. The van der Waals surface area contributed by atoms with Crippen LogP contribution in [0, 0.1) is 11.8 Å². The van der Waals surface area contributed by atoms with Crippen LogP contribution in [0.1, 0.15) is 50.2 Å². The maximum Gasteiger partial charge on any atom is 0.262 e. The Bertz CT molecular complexity index is 1470. The summed E-state index contributed by atoms with van der Waals surface area (Å²) in [4.78, 5) is 50.2. The molecule has 3 aliphatic rings. The minimum absolute atomic E-state index is 0.0374.